The first kappa shape index (κ1) is 23.5. The van der Waals surface area contributed by atoms with Gasteiger partial charge in [0, 0.05) is 16.8 Å². The van der Waals surface area contributed by atoms with Gasteiger partial charge in [0.2, 0.25) is 0 Å². The third-order valence-electron chi connectivity index (χ3n) is 5.64. The second-order valence-corrected chi connectivity index (χ2v) is 9.14. The number of nitrogens with zero attached hydrogens (tertiary/aromatic N) is 2. The molecule has 1 heterocycles. The van der Waals surface area contributed by atoms with Gasteiger partial charge in [-0.1, -0.05) is 18.2 Å². The molecule has 1 N–H and O–H groups in total. The number of hydrogen-bond acceptors (Lipinski definition) is 6. The minimum atomic E-state index is -0.243. The number of benzene rings is 2. The molecule has 1 aromatic heterocycles. The average molecular weight is 474 g/mol. The highest BCUT2D eigenvalue weighted by Crippen LogP contribution is 2.39. The van der Waals surface area contributed by atoms with Crippen molar-refractivity contribution in [1.29, 1.82) is 5.26 Å². The summed E-state index contributed by atoms with van der Waals surface area (Å²) >= 11 is 1.62. The SMILES string of the molecule is CCOc1cc(C=Nc2sc3c(c2C#N)CCCC3)ccc1OCC(=O)Nc1ccccc1C. The maximum absolute atomic E-state index is 12.4. The number of ether oxygens (including phenoxy) is 2. The molecule has 174 valence electrons. The van der Waals surface area contributed by atoms with E-state index < -0.39 is 0 Å². The molecule has 3 aromatic rings. The number of anilines is 1. The molecule has 1 amide bonds. The zero-order valence-corrected chi connectivity index (χ0v) is 20.2. The first-order valence-corrected chi connectivity index (χ1v) is 12.2. The molecule has 0 saturated carbocycles. The van der Waals surface area contributed by atoms with E-state index in [2.05, 4.69) is 16.4 Å². The zero-order chi connectivity index (χ0) is 23.9. The van der Waals surface area contributed by atoms with Crippen LogP contribution in [0.3, 0.4) is 0 Å². The van der Waals surface area contributed by atoms with Crippen molar-refractivity contribution in [2.24, 2.45) is 4.99 Å². The highest BCUT2D eigenvalue weighted by Gasteiger charge is 2.20. The Morgan fingerprint density at radius 2 is 2.00 bits per heavy atom. The number of nitrogens with one attached hydrogen (secondary N) is 1. The molecule has 1 aliphatic rings. The molecule has 0 bridgehead atoms. The van der Waals surface area contributed by atoms with Gasteiger partial charge >= 0.3 is 0 Å². The lowest BCUT2D eigenvalue weighted by Crippen LogP contribution is -2.20. The quantitative estimate of drug-likeness (QED) is 0.408. The number of carbonyl (C=O) groups excluding carboxylic acids is 1. The number of nitriles is 1. The van der Waals surface area contributed by atoms with Crippen molar-refractivity contribution in [2.45, 2.75) is 39.5 Å². The number of para-hydroxylation sites is 1. The molecule has 4 rings (SSSR count). The second kappa shape index (κ2) is 11.0. The van der Waals surface area contributed by atoms with Gasteiger partial charge in [-0.15, -0.1) is 11.3 Å². The predicted octanol–water partition coefficient (Wildman–Crippen LogP) is 5.97. The summed E-state index contributed by atoms with van der Waals surface area (Å²) < 4.78 is 11.5. The minimum Gasteiger partial charge on any atom is -0.490 e. The molecular formula is C27H27N3O3S. The van der Waals surface area contributed by atoms with Crippen molar-refractivity contribution in [1.82, 2.24) is 0 Å². The van der Waals surface area contributed by atoms with E-state index in [0.717, 1.165) is 41.1 Å². The molecule has 0 fully saturated rings. The van der Waals surface area contributed by atoms with Gasteiger partial charge in [0.15, 0.2) is 18.1 Å². The van der Waals surface area contributed by atoms with Crippen molar-refractivity contribution < 1.29 is 14.3 Å². The molecule has 0 unspecified atom stereocenters. The van der Waals surface area contributed by atoms with Crippen molar-refractivity contribution in [3.63, 3.8) is 0 Å². The Kier molecular flexibility index (Phi) is 7.61. The van der Waals surface area contributed by atoms with E-state index in [9.17, 15) is 10.1 Å². The molecule has 2 aromatic carbocycles. The van der Waals surface area contributed by atoms with E-state index >= 15 is 0 Å². The molecule has 1 aliphatic carbocycles. The third-order valence-corrected chi connectivity index (χ3v) is 6.84. The second-order valence-electron chi connectivity index (χ2n) is 8.05. The first-order chi connectivity index (χ1) is 16.6. The summed E-state index contributed by atoms with van der Waals surface area (Å²) in [5.41, 5.74) is 4.46. The van der Waals surface area contributed by atoms with Crippen molar-refractivity contribution in [3.05, 3.63) is 69.6 Å². The van der Waals surface area contributed by atoms with Crippen LogP contribution in [0.1, 0.15) is 46.9 Å². The normalized spacial score (nSPS) is 12.7. The third kappa shape index (κ3) is 5.46. The number of rotatable bonds is 8. The molecule has 0 spiro atoms. The Labute approximate surface area is 203 Å². The number of aryl methyl sites for hydroxylation is 2. The number of aliphatic imine (C=N–C) groups is 1. The number of fused-ring (bicyclic) bond motifs is 1. The fraction of sp³-hybridized carbons (Fsp3) is 0.296. The van der Waals surface area contributed by atoms with E-state index in [1.807, 2.05) is 50.2 Å². The van der Waals surface area contributed by atoms with Crippen LogP contribution in [-0.4, -0.2) is 25.3 Å². The molecule has 7 heteroatoms. The zero-order valence-electron chi connectivity index (χ0n) is 19.4. The van der Waals surface area contributed by atoms with Gasteiger partial charge < -0.3 is 14.8 Å². The van der Waals surface area contributed by atoms with E-state index in [1.54, 1.807) is 23.6 Å². The Morgan fingerprint density at radius 3 is 2.79 bits per heavy atom. The summed E-state index contributed by atoms with van der Waals surface area (Å²) in [5.74, 6) is 0.789. The van der Waals surface area contributed by atoms with Crippen LogP contribution in [0.5, 0.6) is 11.5 Å². The molecule has 0 aliphatic heterocycles. The number of carbonyl (C=O) groups is 1. The first-order valence-electron chi connectivity index (χ1n) is 11.4. The van der Waals surface area contributed by atoms with Crippen LogP contribution < -0.4 is 14.8 Å². The highest BCUT2D eigenvalue weighted by atomic mass is 32.1. The van der Waals surface area contributed by atoms with Crippen LogP contribution in [0, 0.1) is 18.3 Å². The van der Waals surface area contributed by atoms with Crippen LogP contribution in [0.4, 0.5) is 10.7 Å². The Bertz CT molecular complexity index is 1260. The molecule has 6 nitrogen and oxygen atoms in total. The van der Waals surface area contributed by atoms with Gasteiger partial charge in [-0.3, -0.25) is 4.79 Å². The van der Waals surface area contributed by atoms with E-state index in [1.165, 1.54) is 16.9 Å². The smallest absolute Gasteiger partial charge is 0.262 e. The predicted molar refractivity (Wildman–Crippen MR) is 136 cm³/mol. The molecule has 0 radical (unpaired) electrons. The lowest BCUT2D eigenvalue weighted by atomic mass is 9.96. The van der Waals surface area contributed by atoms with Crippen molar-refractivity contribution in [2.75, 3.05) is 18.5 Å². The highest BCUT2D eigenvalue weighted by molar-refractivity contribution is 7.16. The fourth-order valence-corrected chi connectivity index (χ4v) is 5.11. The van der Waals surface area contributed by atoms with Crippen LogP contribution in [0.15, 0.2) is 47.5 Å². The largest absolute Gasteiger partial charge is 0.490 e. The summed E-state index contributed by atoms with van der Waals surface area (Å²) in [4.78, 5) is 18.3. The van der Waals surface area contributed by atoms with E-state index in [-0.39, 0.29) is 12.5 Å². The summed E-state index contributed by atoms with van der Waals surface area (Å²) in [6, 6.07) is 15.4. The molecule has 34 heavy (non-hydrogen) atoms. The topological polar surface area (TPSA) is 83.7 Å². The molecule has 0 atom stereocenters. The van der Waals surface area contributed by atoms with Gasteiger partial charge in [0.25, 0.3) is 5.91 Å². The maximum Gasteiger partial charge on any atom is 0.262 e. The maximum atomic E-state index is 12.4. The molecule has 0 saturated heterocycles. The van der Waals surface area contributed by atoms with Crippen LogP contribution in [0.2, 0.25) is 0 Å². The lowest BCUT2D eigenvalue weighted by Gasteiger charge is -2.13. The monoisotopic (exact) mass is 473 g/mol. The Morgan fingerprint density at radius 1 is 1.18 bits per heavy atom. The van der Waals surface area contributed by atoms with Crippen molar-refractivity contribution >= 4 is 34.1 Å². The van der Waals surface area contributed by atoms with Gasteiger partial charge in [-0.2, -0.15) is 5.26 Å². The summed E-state index contributed by atoms with van der Waals surface area (Å²) in [6.07, 6.45) is 6.03. The van der Waals surface area contributed by atoms with Gasteiger partial charge in [-0.05, 0) is 80.5 Å². The van der Waals surface area contributed by atoms with Crippen LogP contribution in [0.25, 0.3) is 0 Å². The summed E-state index contributed by atoms with van der Waals surface area (Å²) in [7, 11) is 0. The van der Waals surface area contributed by atoms with E-state index in [4.69, 9.17) is 9.47 Å². The molecular weight excluding hydrogens is 446 g/mol. The standard InChI is InChI=1S/C27H27N3O3S/c1-3-32-24-14-19(16-29-27-21(15-28)20-9-5-7-11-25(20)34-27)12-13-23(24)33-17-26(31)30-22-10-6-4-8-18(22)2/h4,6,8,10,12-14,16H,3,5,7,9,11,17H2,1-2H3,(H,30,31). The van der Waals surface area contributed by atoms with Gasteiger partial charge in [-0.25, -0.2) is 4.99 Å². The summed E-state index contributed by atoms with van der Waals surface area (Å²) in [5, 5.41) is 13.3. The van der Waals surface area contributed by atoms with Crippen molar-refractivity contribution in [3.8, 4) is 17.6 Å². The fourth-order valence-electron chi connectivity index (χ4n) is 3.93. The summed E-state index contributed by atoms with van der Waals surface area (Å²) in [6.45, 7) is 4.16. The number of hydrogen-bond donors (Lipinski definition) is 1. The average Bonchev–Trinajstić information content (AvgIpc) is 3.21. The number of thiophene rings is 1. The number of amides is 1. The Balaban J connectivity index is 1.46. The van der Waals surface area contributed by atoms with Crippen LogP contribution in [-0.2, 0) is 17.6 Å². The van der Waals surface area contributed by atoms with Gasteiger partial charge in [0.1, 0.15) is 11.1 Å². The van der Waals surface area contributed by atoms with Gasteiger partial charge in [0.05, 0.1) is 12.2 Å². The minimum absolute atomic E-state index is 0.131. The van der Waals surface area contributed by atoms with Crippen LogP contribution >= 0.6 is 11.3 Å². The van der Waals surface area contributed by atoms with E-state index in [0.29, 0.717) is 23.7 Å². The lowest BCUT2D eigenvalue weighted by molar-refractivity contribution is -0.118. The Hall–Kier alpha value is -3.63.